The number of rotatable bonds is 2. The summed E-state index contributed by atoms with van der Waals surface area (Å²) < 4.78 is 5.10. The minimum atomic E-state index is -0.277. The normalized spacial score (nSPS) is 12.8. The monoisotopic (exact) mass is 240 g/mol. The van der Waals surface area contributed by atoms with E-state index in [2.05, 4.69) is 15.1 Å². The molecule has 5 heteroatoms. The largest absolute Gasteiger partial charge is 0.337 e. The van der Waals surface area contributed by atoms with E-state index in [4.69, 9.17) is 10.3 Å². The molecule has 0 bridgehead atoms. The topological polar surface area (TPSA) is 77.8 Å². The number of nitrogens with two attached hydrogens (primary N) is 1. The molecule has 0 aliphatic rings. The number of aromatic nitrogens is 3. The fourth-order valence-corrected chi connectivity index (χ4v) is 1.81. The molecule has 0 saturated carbocycles. The summed E-state index contributed by atoms with van der Waals surface area (Å²) in [6.07, 6.45) is 1.74. The lowest BCUT2D eigenvalue weighted by Crippen LogP contribution is -2.04. The van der Waals surface area contributed by atoms with Crippen molar-refractivity contribution in [2.45, 2.75) is 13.0 Å². The van der Waals surface area contributed by atoms with Crippen molar-refractivity contribution in [3.63, 3.8) is 0 Å². The Kier molecular flexibility index (Phi) is 2.53. The fraction of sp³-hybridized carbons (Fsp3) is 0.154. The first-order valence-corrected chi connectivity index (χ1v) is 5.69. The number of hydrogen-bond acceptors (Lipinski definition) is 5. The third-order valence-electron chi connectivity index (χ3n) is 2.72. The molecule has 0 aliphatic heterocycles. The van der Waals surface area contributed by atoms with Crippen molar-refractivity contribution in [3.8, 4) is 11.5 Å². The summed E-state index contributed by atoms with van der Waals surface area (Å²) in [4.78, 5) is 8.59. The highest BCUT2D eigenvalue weighted by Crippen LogP contribution is 2.24. The maximum atomic E-state index is 5.70. The Hall–Kier alpha value is -2.27. The van der Waals surface area contributed by atoms with E-state index in [1.807, 2.05) is 30.3 Å². The van der Waals surface area contributed by atoms with Gasteiger partial charge < -0.3 is 10.3 Å². The van der Waals surface area contributed by atoms with Crippen LogP contribution in [-0.2, 0) is 0 Å². The van der Waals surface area contributed by atoms with Gasteiger partial charge in [-0.25, -0.2) is 0 Å². The van der Waals surface area contributed by atoms with E-state index in [0.717, 1.165) is 10.8 Å². The van der Waals surface area contributed by atoms with Gasteiger partial charge >= 0.3 is 0 Å². The lowest BCUT2D eigenvalue weighted by molar-refractivity contribution is 0.362. The summed E-state index contributed by atoms with van der Waals surface area (Å²) in [7, 11) is 0. The van der Waals surface area contributed by atoms with Crippen LogP contribution in [0.4, 0.5) is 0 Å². The van der Waals surface area contributed by atoms with Gasteiger partial charge in [0.1, 0.15) is 5.69 Å². The van der Waals surface area contributed by atoms with E-state index in [9.17, 15) is 0 Å². The van der Waals surface area contributed by atoms with Crippen LogP contribution in [0.15, 0.2) is 41.1 Å². The first kappa shape index (κ1) is 10.9. The molecule has 90 valence electrons. The van der Waals surface area contributed by atoms with Crippen molar-refractivity contribution in [1.29, 1.82) is 0 Å². The zero-order valence-electron chi connectivity index (χ0n) is 9.87. The summed E-state index contributed by atoms with van der Waals surface area (Å²) in [5, 5.41) is 6.02. The standard InChI is InChI=1S/C13H12N4O/c1-8(14)13-16-12(17-18-13)11-10-5-3-2-4-9(10)6-7-15-11/h2-8H,14H2,1H3. The molecule has 0 saturated heterocycles. The Labute approximate surface area is 104 Å². The predicted molar refractivity (Wildman–Crippen MR) is 67.6 cm³/mol. The summed E-state index contributed by atoms with van der Waals surface area (Å²) in [6.45, 7) is 1.80. The number of benzene rings is 1. The molecule has 2 heterocycles. The van der Waals surface area contributed by atoms with Gasteiger partial charge in [0.05, 0.1) is 6.04 Å². The second-order valence-electron chi connectivity index (χ2n) is 4.13. The summed E-state index contributed by atoms with van der Waals surface area (Å²) in [6, 6.07) is 9.62. The van der Waals surface area contributed by atoms with Gasteiger partial charge in [0.15, 0.2) is 0 Å². The van der Waals surface area contributed by atoms with Crippen molar-refractivity contribution < 1.29 is 4.52 Å². The minimum Gasteiger partial charge on any atom is -0.337 e. The van der Waals surface area contributed by atoms with Crippen LogP contribution in [0.25, 0.3) is 22.3 Å². The summed E-state index contributed by atoms with van der Waals surface area (Å²) in [5.41, 5.74) is 6.41. The van der Waals surface area contributed by atoms with Crippen molar-refractivity contribution in [2.75, 3.05) is 0 Å². The highest BCUT2D eigenvalue weighted by molar-refractivity contribution is 5.92. The molecular formula is C13H12N4O. The van der Waals surface area contributed by atoms with Crippen molar-refractivity contribution in [3.05, 3.63) is 42.4 Å². The Bertz CT molecular complexity index is 685. The van der Waals surface area contributed by atoms with Gasteiger partial charge in [0.25, 0.3) is 0 Å². The van der Waals surface area contributed by atoms with E-state index in [1.165, 1.54) is 0 Å². The van der Waals surface area contributed by atoms with Gasteiger partial charge in [0, 0.05) is 11.6 Å². The molecule has 18 heavy (non-hydrogen) atoms. The number of nitrogens with zero attached hydrogens (tertiary/aromatic N) is 3. The lowest BCUT2D eigenvalue weighted by Gasteiger charge is -2.00. The molecule has 0 amide bonds. The lowest BCUT2D eigenvalue weighted by atomic mass is 10.1. The quantitative estimate of drug-likeness (QED) is 0.743. The zero-order valence-corrected chi connectivity index (χ0v) is 9.87. The number of hydrogen-bond donors (Lipinski definition) is 1. The van der Waals surface area contributed by atoms with Gasteiger partial charge in [-0.2, -0.15) is 4.98 Å². The van der Waals surface area contributed by atoms with E-state index in [-0.39, 0.29) is 6.04 Å². The maximum absolute atomic E-state index is 5.70. The van der Waals surface area contributed by atoms with Crippen LogP contribution in [-0.4, -0.2) is 15.1 Å². The molecule has 2 N–H and O–H groups in total. The molecule has 1 aromatic carbocycles. The van der Waals surface area contributed by atoms with Gasteiger partial charge in [-0.05, 0) is 18.4 Å². The number of pyridine rings is 1. The van der Waals surface area contributed by atoms with Crippen LogP contribution in [0.3, 0.4) is 0 Å². The van der Waals surface area contributed by atoms with Crippen molar-refractivity contribution >= 4 is 10.8 Å². The third-order valence-corrected chi connectivity index (χ3v) is 2.72. The molecule has 1 atom stereocenters. The molecule has 0 aliphatic carbocycles. The first-order chi connectivity index (χ1) is 8.75. The fourth-order valence-electron chi connectivity index (χ4n) is 1.81. The van der Waals surface area contributed by atoms with E-state index < -0.39 is 0 Å². The Morgan fingerprint density at radius 1 is 1.22 bits per heavy atom. The third kappa shape index (κ3) is 1.74. The molecule has 0 spiro atoms. The maximum Gasteiger partial charge on any atom is 0.243 e. The molecule has 3 rings (SSSR count). The molecule has 2 aromatic heterocycles. The molecule has 5 nitrogen and oxygen atoms in total. The molecule has 0 radical (unpaired) electrons. The molecule has 0 fully saturated rings. The van der Waals surface area contributed by atoms with Crippen molar-refractivity contribution in [2.24, 2.45) is 5.73 Å². The second-order valence-corrected chi connectivity index (χ2v) is 4.13. The van der Waals surface area contributed by atoms with Crippen LogP contribution in [0, 0.1) is 0 Å². The Balaban J connectivity index is 2.18. The van der Waals surface area contributed by atoms with Crippen LogP contribution in [0.1, 0.15) is 18.9 Å². The highest BCUT2D eigenvalue weighted by atomic mass is 16.5. The predicted octanol–water partition coefficient (Wildman–Crippen LogP) is 2.30. The average Bonchev–Trinajstić information content (AvgIpc) is 2.87. The van der Waals surface area contributed by atoms with Gasteiger partial charge in [-0.15, -0.1) is 0 Å². The van der Waals surface area contributed by atoms with E-state index in [1.54, 1.807) is 13.1 Å². The van der Waals surface area contributed by atoms with E-state index in [0.29, 0.717) is 17.4 Å². The van der Waals surface area contributed by atoms with Gasteiger partial charge in [-0.3, -0.25) is 4.98 Å². The summed E-state index contributed by atoms with van der Waals surface area (Å²) in [5.74, 6) is 0.888. The van der Waals surface area contributed by atoms with Crippen LogP contribution in [0.5, 0.6) is 0 Å². The molecule has 3 aromatic rings. The van der Waals surface area contributed by atoms with Gasteiger partial charge in [0.2, 0.25) is 11.7 Å². The molecular weight excluding hydrogens is 228 g/mol. The van der Waals surface area contributed by atoms with Crippen molar-refractivity contribution in [1.82, 2.24) is 15.1 Å². The first-order valence-electron chi connectivity index (χ1n) is 5.69. The zero-order chi connectivity index (χ0) is 12.5. The van der Waals surface area contributed by atoms with Crippen LogP contribution < -0.4 is 5.73 Å². The average molecular weight is 240 g/mol. The van der Waals surface area contributed by atoms with E-state index >= 15 is 0 Å². The summed E-state index contributed by atoms with van der Waals surface area (Å²) >= 11 is 0. The Morgan fingerprint density at radius 2 is 2.06 bits per heavy atom. The number of fused-ring (bicyclic) bond motifs is 1. The smallest absolute Gasteiger partial charge is 0.243 e. The SMILES string of the molecule is CC(N)c1nc(-c2nccc3ccccc23)no1. The highest BCUT2D eigenvalue weighted by Gasteiger charge is 2.14. The Morgan fingerprint density at radius 3 is 2.83 bits per heavy atom. The minimum absolute atomic E-state index is 0.277. The second kappa shape index (κ2) is 4.19. The van der Waals surface area contributed by atoms with Crippen LogP contribution in [0.2, 0.25) is 0 Å². The van der Waals surface area contributed by atoms with Gasteiger partial charge in [-0.1, -0.05) is 29.4 Å². The van der Waals surface area contributed by atoms with Crippen LogP contribution >= 0.6 is 0 Å². The molecule has 1 unspecified atom stereocenters.